The lowest BCUT2D eigenvalue weighted by atomic mass is 10.2. The second-order valence-electron chi connectivity index (χ2n) is 3.18. The van der Waals surface area contributed by atoms with Crippen LogP contribution in [-0.4, -0.2) is 18.7 Å². The van der Waals surface area contributed by atoms with E-state index in [-0.39, 0.29) is 14.4 Å². The average Bonchev–Trinajstić information content (AvgIpc) is 2.16. The number of ether oxygens (including phenoxy) is 1. The van der Waals surface area contributed by atoms with Crippen molar-refractivity contribution in [2.75, 3.05) is 12.8 Å². The Morgan fingerprint density at radius 2 is 1.93 bits per heavy atom. The van der Waals surface area contributed by atoms with Crippen molar-refractivity contribution in [1.29, 1.82) is 0 Å². The second kappa shape index (κ2) is 8.89. The Balaban J connectivity index is 3.17. The van der Waals surface area contributed by atoms with Crippen LogP contribution in [0.2, 0.25) is 0 Å². The minimum atomic E-state index is -0.317. The molecule has 0 N–H and O–H groups in total. The molecule has 4 heteroatoms. The van der Waals surface area contributed by atoms with E-state index < -0.39 is 0 Å². The van der Waals surface area contributed by atoms with Gasteiger partial charge in [0.1, 0.15) is 0 Å². The highest BCUT2D eigenvalue weighted by molar-refractivity contribution is 7.23. The van der Waals surface area contributed by atoms with Crippen molar-refractivity contribution in [2.24, 2.45) is 0 Å². The third-order valence-electron chi connectivity index (χ3n) is 1.73. The molecule has 0 amide bonds. The van der Waals surface area contributed by atoms with Gasteiger partial charge in [0.15, 0.2) is 8.46 Å². The molecule has 80 valence electrons. The SMILES string of the molecule is C=C(C)C(=O)OCCCCCCP=O. The van der Waals surface area contributed by atoms with E-state index in [1.54, 1.807) is 6.92 Å². The summed E-state index contributed by atoms with van der Waals surface area (Å²) in [5, 5.41) is 0. The van der Waals surface area contributed by atoms with Gasteiger partial charge in [-0.05, 0) is 19.8 Å². The van der Waals surface area contributed by atoms with Crippen LogP contribution >= 0.6 is 8.46 Å². The van der Waals surface area contributed by atoms with Crippen molar-refractivity contribution in [1.82, 2.24) is 0 Å². The average molecular weight is 216 g/mol. The normalized spacial score (nSPS) is 10.1. The van der Waals surface area contributed by atoms with Gasteiger partial charge in [0.05, 0.1) is 6.61 Å². The lowest BCUT2D eigenvalue weighted by Gasteiger charge is -2.03. The van der Waals surface area contributed by atoms with Crippen LogP contribution in [0.4, 0.5) is 0 Å². The van der Waals surface area contributed by atoms with E-state index in [0.717, 1.165) is 31.8 Å². The Labute approximate surface area is 86.7 Å². The van der Waals surface area contributed by atoms with Gasteiger partial charge in [-0.2, -0.15) is 0 Å². The minimum Gasteiger partial charge on any atom is -0.462 e. The van der Waals surface area contributed by atoms with Gasteiger partial charge in [0.25, 0.3) is 0 Å². The van der Waals surface area contributed by atoms with Gasteiger partial charge < -0.3 is 4.74 Å². The van der Waals surface area contributed by atoms with E-state index in [1.807, 2.05) is 0 Å². The van der Waals surface area contributed by atoms with Crippen LogP contribution < -0.4 is 0 Å². The van der Waals surface area contributed by atoms with E-state index in [0.29, 0.717) is 12.2 Å². The number of unbranched alkanes of at least 4 members (excludes halogenated alkanes) is 3. The standard InChI is InChI=1S/C10H17O3P/c1-9(2)10(11)13-7-5-3-4-6-8-14-12/h1,3-8H2,2H3. The van der Waals surface area contributed by atoms with E-state index in [9.17, 15) is 9.36 Å². The maximum absolute atomic E-state index is 10.9. The Bertz CT molecular complexity index is 202. The van der Waals surface area contributed by atoms with Gasteiger partial charge in [-0.25, -0.2) is 4.79 Å². The predicted octanol–water partition coefficient (Wildman–Crippen LogP) is 2.96. The zero-order valence-corrected chi connectivity index (χ0v) is 9.52. The Morgan fingerprint density at radius 1 is 1.29 bits per heavy atom. The molecule has 0 aliphatic rings. The molecule has 0 rings (SSSR count). The summed E-state index contributed by atoms with van der Waals surface area (Å²) in [6.07, 6.45) is 4.62. The largest absolute Gasteiger partial charge is 0.462 e. The number of carbonyl (C=O) groups is 1. The summed E-state index contributed by atoms with van der Waals surface area (Å²) in [5.74, 6) is -0.317. The number of esters is 1. The first-order valence-corrected chi connectivity index (χ1v) is 5.80. The molecule has 0 aliphatic carbocycles. The van der Waals surface area contributed by atoms with Crippen molar-refractivity contribution < 1.29 is 14.1 Å². The molecule has 0 bridgehead atoms. The first kappa shape index (κ1) is 13.3. The molecule has 0 aromatic heterocycles. The Kier molecular flexibility index (Phi) is 8.45. The molecule has 3 nitrogen and oxygen atoms in total. The fourth-order valence-corrected chi connectivity index (χ4v) is 1.27. The van der Waals surface area contributed by atoms with Gasteiger partial charge >= 0.3 is 5.97 Å². The first-order valence-electron chi connectivity index (χ1n) is 4.80. The zero-order valence-electron chi connectivity index (χ0n) is 8.62. The molecule has 0 atom stereocenters. The minimum absolute atomic E-state index is 0.221. The van der Waals surface area contributed by atoms with Crippen molar-refractivity contribution in [3.63, 3.8) is 0 Å². The molecule has 0 spiro atoms. The molecule has 0 aromatic rings. The van der Waals surface area contributed by atoms with Crippen LogP contribution in [0.15, 0.2) is 12.2 Å². The van der Waals surface area contributed by atoms with Crippen LogP contribution in [-0.2, 0) is 14.1 Å². The van der Waals surface area contributed by atoms with Gasteiger partial charge in [-0.3, -0.25) is 4.57 Å². The molecule has 0 fully saturated rings. The number of carbonyl (C=O) groups excluding carboxylic acids is 1. The summed E-state index contributed by atoms with van der Waals surface area (Å²) in [7, 11) is 0.221. The Hall–Kier alpha value is -0.690. The molecular formula is C10H17O3P. The van der Waals surface area contributed by atoms with Crippen molar-refractivity contribution in [3.05, 3.63) is 12.2 Å². The molecule has 0 heterocycles. The molecule has 0 saturated carbocycles. The molecule has 0 aliphatic heterocycles. The highest BCUT2D eigenvalue weighted by Gasteiger charge is 2.01. The third kappa shape index (κ3) is 7.93. The van der Waals surface area contributed by atoms with Crippen LogP contribution in [0.5, 0.6) is 0 Å². The first-order chi connectivity index (χ1) is 6.68. The second-order valence-corrected chi connectivity index (χ2v) is 3.89. The van der Waals surface area contributed by atoms with E-state index in [1.165, 1.54) is 0 Å². The summed E-state index contributed by atoms with van der Waals surface area (Å²) in [6.45, 7) is 5.58. The van der Waals surface area contributed by atoms with Gasteiger partial charge in [-0.15, -0.1) is 0 Å². The van der Waals surface area contributed by atoms with Crippen LogP contribution in [0, 0.1) is 0 Å². The van der Waals surface area contributed by atoms with Crippen LogP contribution in [0.25, 0.3) is 0 Å². The molecule has 0 saturated heterocycles. The van der Waals surface area contributed by atoms with Crippen molar-refractivity contribution in [3.8, 4) is 0 Å². The van der Waals surface area contributed by atoms with Gasteiger partial charge in [0, 0.05) is 11.7 Å². The number of hydrogen-bond donors (Lipinski definition) is 0. The molecule has 0 aromatic carbocycles. The van der Waals surface area contributed by atoms with Crippen molar-refractivity contribution >= 4 is 14.4 Å². The van der Waals surface area contributed by atoms with Gasteiger partial charge in [0.2, 0.25) is 0 Å². The van der Waals surface area contributed by atoms with Crippen molar-refractivity contribution in [2.45, 2.75) is 32.6 Å². The summed E-state index contributed by atoms with van der Waals surface area (Å²) < 4.78 is 15.0. The lowest BCUT2D eigenvalue weighted by Crippen LogP contribution is -2.05. The fourth-order valence-electron chi connectivity index (χ4n) is 0.920. The highest BCUT2D eigenvalue weighted by Crippen LogP contribution is 2.05. The smallest absolute Gasteiger partial charge is 0.333 e. The maximum Gasteiger partial charge on any atom is 0.333 e. The highest BCUT2D eigenvalue weighted by atomic mass is 31.1. The van der Waals surface area contributed by atoms with E-state index in [4.69, 9.17) is 4.74 Å². The van der Waals surface area contributed by atoms with Gasteiger partial charge in [-0.1, -0.05) is 19.4 Å². The number of hydrogen-bond acceptors (Lipinski definition) is 3. The topological polar surface area (TPSA) is 43.4 Å². The molecule has 14 heavy (non-hydrogen) atoms. The summed E-state index contributed by atoms with van der Waals surface area (Å²) in [4.78, 5) is 10.9. The summed E-state index contributed by atoms with van der Waals surface area (Å²) in [6, 6.07) is 0. The molecular weight excluding hydrogens is 199 g/mol. The monoisotopic (exact) mass is 216 g/mol. The molecule has 0 radical (unpaired) electrons. The van der Waals surface area contributed by atoms with E-state index >= 15 is 0 Å². The third-order valence-corrected chi connectivity index (χ3v) is 2.22. The van der Waals surface area contributed by atoms with Crippen LogP contribution in [0.3, 0.4) is 0 Å². The zero-order chi connectivity index (χ0) is 10.8. The van der Waals surface area contributed by atoms with Crippen LogP contribution in [0.1, 0.15) is 32.6 Å². The van der Waals surface area contributed by atoms with E-state index in [2.05, 4.69) is 6.58 Å². The summed E-state index contributed by atoms with van der Waals surface area (Å²) in [5.41, 5.74) is 0.440. The number of rotatable bonds is 8. The predicted molar refractivity (Wildman–Crippen MR) is 56.7 cm³/mol. The Morgan fingerprint density at radius 3 is 2.50 bits per heavy atom. The summed E-state index contributed by atoms with van der Waals surface area (Å²) >= 11 is 0. The lowest BCUT2D eigenvalue weighted by molar-refractivity contribution is -0.139. The maximum atomic E-state index is 10.9. The fraction of sp³-hybridized carbons (Fsp3) is 0.700. The quantitative estimate of drug-likeness (QED) is 0.271. The molecule has 0 unspecified atom stereocenters.